The van der Waals surface area contributed by atoms with Crippen LogP contribution in [0.4, 0.5) is 4.39 Å². The van der Waals surface area contributed by atoms with Crippen LogP contribution in [0.1, 0.15) is 29.7 Å². The van der Waals surface area contributed by atoms with E-state index in [0.29, 0.717) is 5.56 Å². The first-order valence-corrected chi connectivity index (χ1v) is 8.34. The van der Waals surface area contributed by atoms with E-state index in [2.05, 4.69) is 69.0 Å². The molecule has 1 atom stereocenters. The summed E-state index contributed by atoms with van der Waals surface area (Å²) in [5, 5.41) is 3.47. The molecule has 20 heavy (non-hydrogen) atoms. The number of hydrogen-bond donors (Lipinski definition) is 1. The maximum atomic E-state index is 13.5. The van der Waals surface area contributed by atoms with Gasteiger partial charge in [0.2, 0.25) is 0 Å². The molecule has 1 nitrogen and oxygen atoms in total. The number of benzene rings is 2. The Hall–Kier alpha value is -0.460. The molecule has 0 aromatic heterocycles. The van der Waals surface area contributed by atoms with E-state index in [9.17, 15) is 4.39 Å². The third-order valence-corrected chi connectivity index (χ3v) is 4.59. The number of rotatable bonds is 4. The number of nitrogens with one attached hydrogen (secondary N) is 1. The molecular formula is C16H16BrFIN. The van der Waals surface area contributed by atoms with E-state index in [-0.39, 0.29) is 11.9 Å². The monoisotopic (exact) mass is 447 g/mol. The minimum absolute atomic E-state index is 0.0587. The molecule has 2 aromatic rings. The Morgan fingerprint density at radius 1 is 1.25 bits per heavy atom. The molecule has 2 rings (SSSR count). The van der Waals surface area contributed by atoms with Crippen molar-refractivity contribution in [3.63, 3.8) is 0 Å². The fourth-order valence-electron chi connectivity index (χ4n) is 2.19. The fraction of sp³-hybridized carbons (Fsp3) is 0.250. The van der Waals surface area contributed by atoms with Crippen LogP contribution in [-0.4, -0.2) is 6.54 Å². The van der Waals surface area contributed by atoms with E-state index in [4.69, 9.17) is 0 Å². The summed E-state index contributed by atoms with van der Waals surface area (Å²) in [6.45, 7) is 4.72. The normalized spacial score (nSPS) is 12.4. The van der Waals surface area contributed by atoms with Crippen LogP contribution in [0.5, 0.6) is 0 Å². The Morgan fingerprint density at radius 2 is 2.00 bits per heavy atom. The molecule has 0 fully saturated rings. The second-order valence-corrected chi connectivity index (χ2v) is 6.77. The molecule has 2 aromatic carbocycles. The average Bonchev–Trinajstić information content (AvgIpc) is 2.42. The Balaban J connectivity index is 2.49. The summed E-state index contributed by atoms with van der Waals surface area (Å²) in [5.41, 5.74) is 2.92. The van der Waals surface area contributed by atoms with Gasteiger partial charge in [0.25, 0.3) is 0 Å². The first kappa shape index (κ1) is 15.9. The summed E-state index contributed by atoms with van der Waals surface area (Å²) in [5.74, 6) is -0.161. The Morgan fingerprint density at radius 3 is 2.65 bits per heavy atom. The Kier molecular flexibility index (Phi) is 5.57. The van der Waals surface area contributed by atoms with Gasteiger partial charge in [-0.25, -0.2) is 4.39 Å². The van der Waals surface area contributed by atoms with Crippen molar-refractivity contribution in [2.75, 3.05) is 6.54 Å². The molecule has 0 radical (unpaired) electrons. The predicted molar refractivity (Wildman–Crippen MR) is 93.5 cm³/mol. The van der Waals surface area contributed by atoms with Gasteiger partial charge in [0, 0.05) is 8.04 Å². The van der Waals surface area contributed by atoms with E-state index in [0.717, 1.165) is 16.6 Å². The molecule has 4 heteroatoms. The predicted octanol–water partition coefficient (Wildman–Crippen LogP) is 5.20. The molecular weight excluding hydrogens is 432 g/mol. The summed E-state index contributed by atoms with van der Waals surface area (Å²) < 4.78 is 15.7. The van der Waals surface area contributed by atoms with Crippen molar-refractivity contribution in [3.05, 3.63) is 66.9 Å². The van der Waals surface area contributed by atoms with Gasteiger partial charge >= 0.3 is 0 Å². The molecule has 0 saturated heterocycles. The molecule has 106 valence electrons. The van der Waals surface area contributed by atoms with Gasteiger partial charge in [0.05, 0.1) is 6.04 Å². The largest absolute Gasteiger partial charge is 0.306 e. The minimum atomic E-state index is -0.161. The van der Waals surface area contributed by atoms with Crippen molar-refractivity contribution < 1.29 is 4.39 Å². The van der Waals surface area contributed by atoms with Crippen molar-refractivity contribution in [2.24, 2.45) is 0 Å². The van der Waals surface area contributed by atoms with Crippen LogP contribution in [0.15, 0.2) is 40.9 Å². The lowest BCUT2D eigenvalue weighted by atomic mass is 9.97. The quantitative estimate of drug-likeness (QED) is 0.635. The van der Waals surface area contributed by atoms with Gasteiger partial charge in [-0.2, -0.15) is 0 Å². The first-order valence-electron chi connectivity index (χ1n) is 6.47. The summed E-state index contributed by atoms with van der Waals surface area (Å²) >= 11 is 5.92. The van der Waals surface area contributed by atoms with Gasteiger partial charge in [-0.1, -0.05) is 35.0 Å². The van der Waals surface area contributed by atoms with E-state index in [1.54, 1.807) is 6.92 Å². The average molecular weight is 448 g/mol. The Bertz CT molecular complexity index is 615. The topological polar surface area (TPSA) is 12.0 Å². The smallest absolute Gasteiger partial charge is 0.126 e. The van der Waals surface area contributed by atoms with Crippen LogP contribution in [0, 0.1) is 16.3 Å². The van der Waals surface area contributed by atoms with Crippen LogP contribution < -0.4 is 5.32 Å². The maximum absolute atomic E-state index is 13.5. The lowest BCUT2D eigenvalue weighted by Crippen LogP contribution is -2.22. The maximum Gasteiger partial charge on any atom is 0.126 e. The number of hydrogen-bond acceptors (Lipinski definition) is 1. The van der Waals surface area contributed by atoms with Gasteiger partial charge in [0.1, 0.15) is 5.82 Å². The summed E-state index contributed by atoms with van der Waals surface area (Å²) in [7, 11) is 0. The van der Waals surface area contributed by atoms with Crippen LogP contribution in [0.2, 0.25) is 0 Å². The van der Waals surface area contributed by atoms with Gasteiger partial charge in [-0.3, -0.25) is 0 Å². The second-order valence-electron chi connectivity index (χ2n) is 4.67. The highest BCUT2D eigenvalue weighted by atomic mass is 127. The lowest BCUT2D eigenvalue weighted by molar-refractivity contribution is 0.605. The highest BCUT2D eigenvalue weighted by molar-refractivity contribution is 14.1. The molecule has 0 aliphatic rings. The zero-order valence-corrected chi connectivity index (χ0v) is 15.1. The molecule has 0 spiro atoms. The molecule has 0 saturated carbocycles. The highest BCUT2D eigenvalue weighted by Gasteiger charge is 2.17. The third-order valence-electron chi connectivity index (χ3n) is 3.19. The standard InChI is InChI=1S/C16H16BrFIN/c1-3-20-16(11-4-7-15(18)10(2)8-11)13-9-12(19)5-6-14(13)17/h4-9,16,20H,3H2,1-2H3. The molecule has 0 amide bonds. The van der Waals surface area contributed by atoms with Crippen LogP contribution in [-0.2, 0) is 0 Å². The van der Waals surface area contributed by atoms with Crippen LogP contribution in [0.3, 0.4) is 0 Å². The van der Waals surface area contributed by atoms with E-state index >= 15 is 0 Å². The van der Waals surface area contributed by atoms with Crippen molar-refractivity contribution >= 4 is 38.5 Å². The van der Waals surface area contributed by atoms with E-state index in [1.807, 2.05) is 12.1 Å². The van der Waals surface area contributed by atoms with Crippen LogP contribution >= 0.6 is 38.5 Å². The number of aryl methyl sites for hydroxylation is 1. The van der Waals surface area contributed by atoms with Crippen molar-refractivity contribution in [3.8, 4) is 0 Å². The van der Waals surface area contributed by atoms with Crippen LogP contribution in [0.25, 0.3) is 0 Å². The zero-order chi connectivity index (χ0) is 14.7. The van der Waals surface area contributed by atoms with E-state index in [1.165, 1.54) is 15.2 Å². The molecule has 1 N–H and O–H groups in total. The van der Waals surface area contributed by atoms with E-state index < -0.39 is 0 Å². The summed E-state index contributed by atoms with van der Waals surface area (Å²) in [6.07, 6.45) is 0. The minimum Gasteiger partial charge on any atom is -0.306 e. The third kappa shape index (κ3) is 3.59. The molecule has 0 aliphatic carbocycles. The lowest BCUT2D eigenvalue weighted by Gasteiger charge is -2.21. The Labute approximate surface area is 141 Å². The number of halogens is 3. The SMILES string of the molecule is CCNC(c1ccc(F)c(C)c1)c1cc(I)ccc1Br. The fourth-order valence-corrected chi connectivity index (χ4v) is 3.19. The van der Waals surface area contributed by atoms with Crippen molar-refractivity contribution in [2.45, 2.75) is 19.9 Å². The summed E-state index contributed by atoms with van der Waals surface area (Å²) in [4.78, 5) is 0. The second kappa shape index (κ2) is 7.00. The van der Waals surface area contributed by atoms with Gasteiger partial charge < -0.3 is 5.32 Å². The first-order chi connectivity index (χ1) is 9.52. The van der Waals surface area contributed by atoms with Gasteiger partial charge in [0.15, 0.2) is 0 Å². The molecule has 0 bridgehead atoms. The van der Waals surface area contributed by atoms with Crippen molar-refractivity contribution in [1.82, 2.24) is 5.32 Å². The highest BCUT2D eigenvalue weighted by Crippen LogP contribution is 2.30. The zero-order valence-electron chi connectivity index (χ0n) is 11.4. The molecule has 1 unspecified atom stereocenters. The molecule has 0 heterocycles. The summed E-state index contributed by atoms with van der Waals surface area (Å²) in [6, 6.07) is 11.6. The van der Waals surface area contributed by atoms with Crippen molar-refractivity contribution in [1.29, 1.82) is 0 Å². The molecule has 0 aliphatic heterocycles. The van der Waals surface area contributed by atoms with Gasteiger partial charge in [-0.15, -0.1) is 0 Å². The van der Waals surface area contributed by atoms with Gasteiger partial charge in [-0.05, 0) is 77.0 Å².